The number of nitrogens with zero attached hydrogens (tertiary/aromatic N) is 3. The van der Waals surface area contributed by atoms with Crippen LogP contribution in [0.1, 0.15) is 37.9 Å². The number of hydrogen-bond acceptors (Lipinski definition) is 6. The molecule has 0 radical (unpaired) electrons. The minimum absolute atomic E-state index is 0.0658. The molecule has 0 aliphatic carbocycles. The van der Waals surface area contributed by atoms with Crippen LogP contribution in [-0.2, 0) is 11.2 Å². The lowest BCUT2D eigenvalue weighted by Crippen LogP contribution is -2.20. The fraction of sp³-hybridized carbons (Fsp3) is 0.250. The zero-order chi connectivity index (χ0) is 23.4. The van der Waals surface area contributed by atoms with Crippen molar-refractivity contribution in [3.8, 4) is 22.3 Å². The average Bonchev–Trinajstić information content (AvgIpc) is 3.45. The molecule has 0 saturated heterocycles. The quantitative estimate of drug-likeness (QED) is 0.404. The van der Waals surface area contributed by atoms with Crippen LogP contribution in [0.15, 0.2) is 58.7 Å². The Hall–Kier alpha value is -3.72. The summed E-state index contributed by atoms with van der Waals surface area (Å²) in [4.78, 5) is 33.3. The van der Waals surface area contributed by atoms with Crippen LogP contribution < -0.4 is 15.6 Å². The largest absolute Gasteiger partial charge is 0.494 e. The molecule has 0 fully saturated rings. The van der Waals surface area contributed by atoms with Gasteiger partial charge in [0, 0.05) is 12.1 Å². The summed E-state index contributed by atoms with van der Waals surface area (Å²) in [5.74, 6) is 1.31. The molecule has 0 aliphatic rings. The number of nitrogens with one attached hydrogen (secondary N) is 2. The number of anilines is 1. The maximum Gasteiger partial charge on any atom is 0.252 e. The summed E-state index contributed by atoms with van der Waals surface area (Å²) in [6, 6.07) is 14.6. The molecule has 3 heterocycles. The van der Waals surface area contributed by atoms with Crippen molar-refractivity contribution in [3.05, 3.63) is 75.5 Å². The summed E-state index contributed by atoms with van der Waals surface area (Å²) in [7, 11) is 0. The fourth-order valence-electron chi connectivity index (χ4n) is 3.28. The number of ether oxygens (including phenoxy) is 1. The van der Waals surface area contributed by atoms with Crippen molar-refractivity contribution in [3.63, 3.8) is 0 Å². The molecular formula is C24H25N5O3S. The number of benzene rings is 1. The summed E-state index contributed by atoms with van der Waals surface area (Å²) in [6.45, 7) is 6.44. The van der Waals surface area contributed by atoms with E-state index in [0.29, 0.717) is 23.8 Å². The Morgan fingerprint density at radius 2 is 2.00 bits per heavy atom. The van der Waals surface area contributed by atoms with Gasteiger partial charge in [-0.1, -0.05) is 32.0 Å². The second-order valence-electron chi connectivity index (χ2n) is 7.75. The third kappa shape index (κ3) is 5.38. The third-order valence-electron chi connectivity index (χ3n) is 4.89. The molecule has 1 aromatic carbocycles. The molecule has 9 heteroatoms. The second kappa shape index (κ2) is 9.83. The molecule has 0 saturated carbocycles. The van der Waals surface area contributed by atoms with E-state index in [2.05, 4.69) is 20.4 Å². The van der Waals surface area contributed by atoms with Gasteiger partial charge in [0.15, 0.2) is 0 Å². The predicted molar refractivity (Wildman–Crippen MR) is 129 cm³/mol. The van der Waals surface area contributed by atoms with Crippen LogP contribution >= 0.6 is 11.3 Å². The van der Waals surface area contributed by atoms with E-state index in [4.69, 9.17) is 4.74 Å². The van der Waals surface area contributed by atoms with Crippen LogP contribution in [-0.4, -0.2) is 32.3 Å². The highest BCUT2D eigenvalue weighted by molar-refractivity contribution is 7.13. The van der Waals surface area contributed by atoms with Crippen LogP contribution in [0.3, 0.4) is 0 Å². The molecule has 4 aromatic rings. The van der Waals surface area contributed by atoms with Crippen molar-refractivity contribution >= 4 is 23.1 Å². The fourth-order valence-corrected chi connectivity index (χ4v) is 3.96. The topological polar surface area (TPSA) is 102 Å². The number of H-pyrrole nitrogens is 1. The van der Waals surface area contributed by atoms with E-state index in [1.807, 2.05) is 62.5 Å². The van der Waals surface area contributed by atoms with E-state index in [0.717, 1.165) is 16.2 Å². The Kier molecular flexibility index (Phi) is 6.69. The van der Waals surface area contributed by atoms with Crippen LogP contribution in [0.25, 0.3) is 16.5 Å². The average molecular weight is 464 g/mol. The Morgan fingerprint density at radius 3 is 2.67 bits per heavy atom. The molecule has 2 N–H and O–H groups in total. The van der Waals surface area contributed by atoms with Gasteiger partial charge in [0.2, 0.25) is 11.9 Å². The SMILES string of the molecule is CCOc1ccc(CC(=O)Nc2cc(-c3cccs3)nn2-c2nc(C(C)C)cc(=O)[nH]2)cc1. The van der Waals surface area contributed by atoms with Crippen molar-refractivity contribution in [1.82, 2.24) is 19.7 Å². The maximum absolute atomic E-state index is 12.8. The molecule has 4 rings (SSSR count). The monoisotopic (exact) mass is 463 g/mol. The lowest BCUT2D eigenvalue weighted by molar-refractivity contribution is -0.115. The minimum atomic E-state index is -0.275. The van der Waals surface area contributed by atoms with E-state index >= 15 is 0 Å². The Morgan fingerprint density at radius 1 is 1.21 bits per heavy atom. The highest BCUT2D eigenvalue weighted by Gasteiger charge is 2.17. The number of carbonyl (C=O) groups is 1. The predicted octanol–water partition coefficient (Wildman–Crippen LogP) is 4.39. The first kappa shape index (κ1) is 22.5. The maximum atomic E-state index is 12.8. The van der Waals surface area contributed by atoms with Gasteiger partial charge in [0.25, 0.3) is 5.56 Å². The first-order chi connectivity index (χ1) is 15.9. The summed E-state index contributed by atoms with van der Waals surface area (Å²) in [6.07, 6.45) is 0.182. The van der Waals surface area contributed by atoms with Gasteiger partial charge in [-0.15, -0.1) is 11.3 Å². The molecule has 8 nitrogen and oxygen atoms in total. The molecule has 0 bridgehead atoms. The van der Waals surface area contributed by atoms with Crippen LogP contribution in [0, 0.1) is 0 Å². The molecule has 0 unspecified atom stereocenters. The molecular weight excluding hydrogens is 438 g/mol. The molecule has 170 valence electrons. The van der Waals surface area contributed by atoms with Gasteiger partial charge in [0.1, 0.15) is 17.3 Å². The van der Waals surface area contributed by atoms with Gasteiger partial charge in [-0.25, -0.2) is 4.98 Å². The van der Waals surface area contributed by atoms with E-state index in [1.165, 1.54) is 22.1 Å². The number of aromatic nitrogens is 4. The van der Waals surface area contributed by atoms with Gasteiger partial charge < -0.3 is 10.1 Å². The smallest absolute Gasteiger partial charge is 0.252 e. The van der Waals surface area contributed by atoms with E-state index in [9.17, 15) is 9.59 Å². The number of aromatic amines is 1. The van der Waals surface area contributed by atoms with Crippen molar-refractivity contribution in [1.29, 1.82) is 0 Å². The zero-order valence-electron chi connectivity index (χ0n) is 18.7. The molecule has 0 aliphatic heterocycles. The Labute approximate surface area is 195 Å². The number of amides is 1. The minimum Gasteiger partial charge on any atom is -0.494 e. The Bertz CT molecular complexity index is 1290. The molecule has 0 spiro atoms. The Balaban J connectivity index is 1.64. The van der Waals surface area contributed by atoms with Crippen LogP contribution in [0.5, 0.6) is 5.75 Å². The van der Waals surface area contributed by atoms with Crippen molar-refractivity contribution in [2.75, 3.05) is 11.9 Å². The normalized spacial score (nSPS) is 11.0. The lowest BCUT2D eigenvalue weighted by Gasteiger charge is -2.10. The number of thiophene rings is 1. The van der Waals surface area contributed by atoms with Crippen molar-refractivity contribution < 1.29 is 9.53 Å². The standard InChI is InChI=1S/C24H25N5O3S/c1-4-32-17-9-7-16(8-10-17)12-22(30)26-21-13-19(20-6-5-11-33-20)28-29(21)24-25-18(15(2)3)14-23(31)27-24/h5-11,13-15H,4,12H2,1-3H3,(H,26,30)(H,25,27,31). The van der Waals surface area contributed by atoms with E-state index in [1.54, 1.807) is 6.07 Å². The zero-order valence-corrected chi connectivity index (χ0v) is 19.5. The van der Waals surface area contributed by atoms with Gasteiger partial charge >= 0.3 is 0 Å². The van der Waals surface area contributed by atoms with Crippen LogP contribution in [0.2, 0.25) is 0 Å². The number of carbonyl (C=O) groups excluding carboxylic acids is 1. The van der Waals surface area contributed by atoms with Gasteiger partial charge in [-0.2, -0.15) is 9.78 Å². The highest BCUT2D eigenvalue weighted by atomic mass is 32.1. The summed E-state index contributed by atoms with van der Waals surface area (Å²) in [5.41, 5.74) is 1.91. The van der Waals surface area contributed by atoms with Crippen LogP contribution in [0.4, 0.5) is 5.82 Å². The summed E-state index contributed by atoms with van der Waals surface area (Å²) < 4.78 is 6.92. The molecule has 0 atom stereocenters. The van der Waals surface area contributed by atoms with E-state index < -0.39 is 0 Å². The summed E-state index contributed by atoms with van der Waals surface area (Å²) in [5, 5.41) is 9.50. The molecule has 1 amide bonds. The third-order valence-corrected chi connectivity index (χ3v) is 5.78. The first-order valence-electron chi connectivity index (χ1n) is 10.7. The summed E-state index contributed by atoms with van der Waals surface area (Å²) >= 11 is 1.54. The van der Waals surface area contributed by atoms with Gasteiger partial charge in [-0.05, 0) is 42.0 Å². The van der Waals surface area contributed by atoms with Crippen molar-refractivity contribution in [2.45, 2.75) is 33.1 Å². The number of rotatable bonds is 8. The van der Waals surface area contributed by atoms with Gasteiger partial charge in [0.05, 0.1) is 23.6 Å². The first-order valence-corrected chi connectivity index (χ1v) is 11.6. The molecule has 33 heavy (non-hydrogen) atoms. The number of hydrogen-bond donors (Lipinski definition) is 2. The van der Waals surface area contributed by atoms with E-state index in [-0.39, 0.29) is 29.8 Å². The second-order valence-corrected chi connectivity index (χ2v) is 8.70. The highest BCUT2D eigenvalue weighted by Crippen LogP contribution is 2.27. The molecule has 3 aromatic heterocycles. The van der Waals surface area contributed by atoms with Crippen molar-refractivity contribution in [2.24, 2.45) is 0 Å². The van der Waals surface area contributed by atoms with Gasteiger partial charge in [-0.3, -0.25) is 14.6 Å². The lowest BCUT2D eigenvalue weighted by atomic mass is 10.1.